The summed E-state index contributed by atoms with van der Waals surface area (Å²) in [4.78, 5) is 5.75. The van der Waals surface area contributed by atoms with Crippen LogP contribution in [0.4, 0.5) is 5.82 Å². The number of fused-ring (bicyclic) bond motifs is 1. The van der Waals surface area contributed by atoms with Gasteiger partial charge in [0, 0.05) is 21.7 Å². The van der Waals surface area contributed by atoms with Crippen LogP contribution in [0.2, 0.25) is 5.02 Å². The second-order valence-electron chi connectivity index (χ2n) is 5.06. The fourth-order valence-electron chi connectivity index (χ4n) is 2.45. The van der Waals surface area contributed by atoms with Gasteiger partial charge in [0.25, 0.3) is 0 Å². The Morgan fingerprint density at radius 3 is 2.78 bits per heavy atom. The lowest BCUT2D eigenvalue weighted by Crippen LogP contribution is -2.04. The fourth-order valence-corrected chi connectivity index (χ4v) is 3.22. The van der Waals surface area contributed by atoms with Crippen LogP contribution in [0.15, 0.2) is 60.2 Å². The average Bonchev–Trinajstić information content (AvgIpc) is 3.23. The molecule has 0 bridgehead atoms. The van der Waals surface area contributed by atoms with Gasteiger partial charge in [-0.1, -0.05) is 29.8 Å². The average molecular weight is 341 g/mol. The third-order valence-electron chi connectivity index (χ3n) is 3.58. The van der Waals surface area contributed by atoms with E-state index in [1.54, 1.807) is 17.5 Å². The molecule has 1 aromatic carbocycles. The standard InChI is InChI=1S/C17H13ClN4S/c18-13-5-3-12(4-6-13)15-11-21-22-16(7-8-19-17(15)22)20-10-14-2-1-9-23-14/h1-9,11,20H,10H2. The van der Waals surface area contributed by atoms with E-state index in [1.165, 1.54) is 4.88 Å². The summed E-state index contributed by atoms with van der Waals surface area (Å²) in [6.45, 7) is 0.771. The lowest BCUT2D eigenvalue weighted by atomic mass is 10.1. The molecule has 0 aliphatic heterocycles. The van der Waals surface area contributed by atoms with Crippen LogP contribution in [0.5, 0.6) is 0 Å². The van der Waals surface area contributed by atoms with Crippen LogP contribution >= 0.6 is 22.9 Å². The molecular weight excluding hydrogens is 328 g/mol. The number of nitrogens with one attached hydrogen (secondary N) is 1. The molecule has 1 N–H and O–H groups in total. The number of halogens is 1. The number of benzene rings is 1. The van der Waals surface area contributed by atoms with Crippen molar-refractivity contribution in [1.82, 2.24) is 14.6 Å². The zero-order chi connectivity index (χ0) is 15.6. The van der Waals surface area contributed by atoms with Crippen LogP contribution in [0, 0.1) is 0 Å². The lowest BCUT2D eigenvalue weighted by Gasteiger charge is -2.07. The summed E-state index contributed by atoms with van der Waals surface area (Å²) in [5.41, 5.74) is 2.86. The number of nitrogens with zero attached hydrogens (tertiary/aromatic N) is 3. The highest BCUT2D eigenvalue weighted by molar-refractivity contribution is 7.09. The molecule has 4 rings (SSSR count). The van der Waals surface area contributed by atoms with Gasteiger partial charge in [-0.3, -0.25) is 0 Å². The summed E-state index contributed by atoms with van der Waals surface area (Å²) in [5, 5.41) is 10.7. The number of thiophene rings is 1. The van der Waals surface area contributed by atoms with E-state index in [1.807, 2.05) is 41.0 Å². The van der Waals surface area contributed by atoms with Crippen molar-refractivity contribution in [3.05, 3.63) is 70.1 Å². The van der Waals surface area contributed by atoms with Gasteiger partial charge in [-0.25, -0.2) is 4.98 Å². The van der Waals surface area contributed by atoms with Gasteiger partial charge < -0.3 is 5.32 Å². The van der Waals surface area contributed by atoms with Crippen molar-refractivity contribution in [2.75, 3.05) is 5.32 Å². The predicted octanol–water partition coefficient (Wildman–Crippen LogP) is 4.72. The quantitative estimate of drug-likeness (QED) is 0.584. The molecule has 4 nitrogen and oxygen atoms in total. The Bertz CT molecular complexity index is 929. The third-order valence-corrected chi connectivity index (χ3v) is 4.71. The third kappa shape index (κ3) is 2.81. The van der Waals surface area contributed by atoms with Gasteiger partial charge in [-0.15, -0.1) is 11.3 Å². The van der Waals surface area contributed by atoms with Gasteiger partial charge in [-0.05, 0) is 35.2 Å². The molecule has 0 saturated carbocycles. The molecule has 4 aromatic rings. The first-order chi connectivity index (χ1) is 11.3. The summed E-state index contributed by atoms with van der Waals surface area (Å²) in [7, 11) is 0. The molecule has 0 radical (unpaired) electrons. The van der Waals surface area contributed by atoms with Crippen molar-refractivity contribution >= 4 is 34.4 Å². The van der Waals surface area contributed by atoms with E-state index in [4.69, 9.17) is 11.6 Å². The van der Waals surface area contributed by atoms with Crippen LogP contribution in [-0.4, -0.2) is 14.6 Å². The van der Waals surface area contributed by atoms with E-state index < -0.39 is 0 Å². The summed E-state index contributed by atoms with van der Waals surface area (Å²) in [6.07, 6.45) is 3.63. The van der Waals surface area contributed by atoms with Gasteiger partial charge in [0.1, 0.15) is 5.82 Å². The van der Waals surface area contributed by atoms with Crippen LogP contribution in [0.1, 0.15) is 4.88 Å². The van der Waals surface area contributed by atoms with Gasteiger partial charge in [0.15, 0.2) is 5.65 Å². The van der Waals surface area contributed by atoms with Crippen LogP contribution in [-0.2, 0) is 6.54 Å². The maximum absolute atomic E-state index is 5.96. The molecule has 0 atom stereocenters. The zero-order valence-corrected chi connectivity index (χ0v) is 13.7. The van der Waals surface area contributed by atoms with Crippen molar-refractivity contribution < 1.29 is 0 Å². The Hall–Kier alpha value is -2.37. The summed E-state index contributed by atoms with van der Waals surface area (Å²) < 4.78 is 1.83. The van der Waals surface area contributed by atoms with E-state index in [0.717, 1.165) is 34.2 Å². The number of hydrogen-bond donors (Lipinski definition) is 1. The summed E-state index contributed by atoms with van der Waals surface area (Å²) in [5.74, 6) is 0.920. The lowest BCUT2D eigenvalue weighted by molar-refractivity contribution is 0.928. The van der Waals surface area contributed by atoms with E-state index in [0.29, 0.717) is 0 Å². The zero-order valence-electron chi connectivity index (χ0n) is 12.1. The number of rotatable bonds is 4. The molecule has 3 heterocycles. The highest BCUT2D eigenvalue weighted by Crippen LogP contribution is 2.26. The molecule has 0 aliphatic carbocycles. The molecule has 114 valence electrons. The molecule has 0 aliphatic rings. The van der Waals surface area contributed by atoms with E-state index >= 15 is 0 Å². The Balaban J connectivity index is 1.70. The second-order valence-corrected chi connectivity index (χ2v) is 6.53. The summed E-state index contributed by atoms with van der Waals surface area (Å²) in [6, 6.07) is 13.8. The molecule has 0 unspecified atom stereocenters. The Morgan fingerprint density at radius 1 is 1.13 bits per heavy atom. The molecule has 6 heteroatoms. The maximum atomic E-state index is 5.96. The van der Waals surface area contributed by atoms with Gasteiger partial charge in [-0.2, -0.15) is 9.61 Å². The molecular formula is C17H13ClN4S. The minimum Gasteiger partial charge on any atom is -0.365 e. The molecule has 0 amide bonds. The Kier molecular flexibility index (Phi) is 3.73. The largest absolute Gasteiger partial charge is 0.365 e. The first-order valence-electron chi connectivity index (χ1n) is 7.16. The van der Waals surface area contributed by atoms with E-state index in [9.17, 15) is 0 Å². The fraction of sp³-hybridized carbons (Fsp3) is 0.0588. The van der Waals surface area contributed by atoms with Crippen LogP contribution in [0.25, 0.3) is 16.8 Å². The maximum Gasteiger partial charge on any atom is 0.165 e. The monoisotopic (exact) mass is 340 g/mol. The van der Waals surface area contributed by atoms with Gasteiger partial charge in [0.2, 0.25) is 0 Å². The molecule has 0 spiro atoms. The molecule has 3 aromatic heterocycles. The van der Waals surface area contributed by atoms with Crippen molar-refractivity contribution in [3.8, 4) is 11.1 Å². The van der Waals surface area contributed by atoms with Crippen molar-refractivity contribution in [2.45, 2.75) is 6.54 Å². The summed E-state index contributed by atoms with van der Waals surface area (Å²) >= 11 is 7.69. The number of hydrogen-bond acceptors (Lipinski definition) is 4. The minimum atomic E-state index is 0.719. The highest BCUT2D eigenvalue weighted by Gasteiger charge is 2.10. The molecule has 0 fully saturated rings. The number of aromatic nitrogens is 3. The van der Waals surface area contributed by atoms with Gasteiger partial charge >= 0.3 is 0 Å². The number of anilines is 1. The Morgan fingerprint density at radius 2 is 2.00 bits per heavy atom. The minimum absolute atomic E-state index is 0.719. The molecule has 23 heavy (non-hydrogen) atoms. The Labute approximate surface area is 142 Å². The van der Waals surface area contributed by atoms with Crippen LogP contribution in [0.3, 0.4) is 0 Å². The van der Waals surface area contributed by atoms with Crippen molar-refractivity contribution in [3.63, 3.8) is 0 Å². The van der Waals surface area contributed by atoms with E-state index in [2.05, 4.69) is 32.9 Å². The van der Waals surface area contributed by atoms with Crippen molar-refractivity contribution in [1.29, 1.82) is 0 Å². The SMILES string of the molecule is Clc1ccc(-c2cnn3c(NCc4cccs4)ccnc23)cc1. The topological polar surface area (TPSA) is 42.2 Å². The van der Waals surface area contributed by atoms with Crippen LogP contribution < -0.4 is 5.32 Å². The second kappa shape index (κ2) is 6.02. The van der Waals surface area contributed by atoms with Gasteiger partial charge in [0.05, 0.1) is 12.7 Å². The predicted molar refractivity (Wildman–Crippen MR) is 95.1 cm³/mol. The normalized spacial score (nSPS) is 11.0. The highest BCUT2D eigenvalue weighted by atomic mass is 35.5. The first kappa shape index (κ1) is 14.2. The first-order valence-corrected chi connectivity index (χ1v) is 8.42. The van der Waals surface area contributed by atoms with Crippen molar-refractivity contribution in [2.24, 2.45) is 0 Å². The molecule has 0 saturated heterocycles. The van der Waals surface area contributed by atoms with E-state index in [-0.39, 0.29) is 0 Å². The smallest absolute Gasteiger partial charge is 0.165 e.